The first-order valence-electron chi connectivity index (χ1n) is 18.0. The lowest BCUT2D eigenvalue weighted by atomic mass is 9.99. The van der Waals surface area contributed by atoms with Crippen LogP contribution in [0.25, 0.3) is 85.2 Å². The van der Waals surface area contributed by atoms with Crippen molar-refractivity contribution in [2.45, 2.75) is 0 Å². The lowest BCUT2D eigenvalue weighted by molar-refractivity contribution is 0.669. The van der Waals surface area contributed by atoms with Crippen molar-refractivity contribution in [1.29, 1.82) is 0 Å². The number of furan rings is 1. The topological polar surface area (TPSA) is 29.3 Å². The summed E-state index contributed by atoms with van der Waals surface area (Å²) in [6.07, 6.45) is 0. The number of benzene rings is 8. The highest BCUT2D eigenvalue weighted by Crippen LogP contribution is 2.45. The molecule has 0 saturated carbocycles. The van der Waals surface area contributed by atoms with Gasteiger partial charge in [0.15, 0.2) is 0 Å². The standard InChI is InChI=1S/C49H30N2OS2/c1-3-10-31(11-4-1)32-18-22-35(23-19-32)51(36-24-20-33(21-25-36)38-15-9-17-42-46(38)39-14-7-8-16-41(39)52-42)37-26-27-43-40(30-37)47-44(53-43)28-29-45-48(47)50-49(54-45)34-12-5-2-6-13-34/h1-30H. The van der Waals surface area contributed by atoms with Gasteiger partial charge in [-0.15, -0.1) is 22.7 Å². The van der Waals surface area contributed by atoms with E-state index in [-0.39, 0.29) is 0 Å². The number of nitrogens with zero attached hydrogens (tertiary/aromatic N) is 2. The molecule has 3 aromatic heterocycles. The fraction of sp³-hybridized carbons (Fsp3) is 0. The first-order chi connectivity index (χ1) is 26.7. The minimum absolute atomic E-state index is 0.902. The molecular weight excluding hydrogens is 697 g/mol. The zero-order chi connectivity index (χ0) is 35.6. The summed E-state index contributed by atoms with van der Waals surface area (Å²) in [7, 11) is 0. The SMILES string of the molecule is c1ccc(-c2ccc(N(c3ccc(-c4cccc5oc6ccccc6c45)cc3)c3ccc4sc5ccc6sc(-c7ccccc7)nc6c5c4c3)cc2)cc1. The molecule has 254 valence electrons. The largest absolute Gasteiger partial charge is 0.456 e. The highest BCUT2D eigenvalue weighted by molar-refractivity contribution is 7.26. The molecule has 0 radical (unpaired) electrons. The summed E-state index contributed by atoms with van der Waals surface area (Å²) in [5, 5.41) is 5.78. The van der Waals surface area contributed by atoms with E-state index in [0.717, 1.165) is 66.2 Å². The molecule has 5 heteroatoms. The monoisotopic (exact) mass is 726 g/mol. The second-order valence-electron chi connectivity index (χ2n) is 13.5. The van der Waals surface area contributed by atoms with Gasteiger partial charge >= 0.3 is 0 Å². The second kappa shape index (κ2) is 12.6. The van der Waals surface area contributed by atoms with E-state index in [1.165, 1.54) is 36.0 Å². The molecule has 0 fully saturated rings. The van der Waals surface area contributed by atoms with E-state index in [9.17, 15) is 0 Å². The van der Waals surface area contributed by atoms with Gasteiger partial charge < -0.3 is 9.32 Å². The maximum Gasteiger partial charge on any atom is 0.136 e. The van der Waals surface area contributed by atoms with E-state index in [1.807, 2.05) is 23.5 Å². The fourth-order valence-corrected chi connectivity index (χ4v) is 9.84. The molecule has 3 heterocycles. The molecule has 3 nitrogen and oxygen atoms in total. The summed E-state index contributed by atoms with van der Waals surface area (Å²) in [5.41, 5.74) is 12.0. The Morgan fingerprint density at radius 1 is 0.407 bits per heavy atom. The average Bonchev–Trinajstić information content (AvgIpc) is 3.95. The van der Waals surface area contributed by atoms with E-state index < -0.39 is 0 Å². The van der Waals surface area contributed by atoms with Gasteiger partial charge in [-0.1, -0.05) is 115 Å². The number of hydrogen-bond acceptors (Lipinski definition) is 5. The average molecular weight is 727 g/mol. The van der Waals surface area contributed by atoms with Crippen molar-refractivity contribution in [1.82, 2.24) is 4.98 Å². The Balaban J connectivity index is 1.07. The van der Waals surface area contributed by atoms with E-state index in [2.05, 4.69) is 175 Å². The van der Waals surface area contributed by atoms with E-state index in [0.29, 0.717) is 0 Å². The molecule has 54 heavy (non-hydrogen) atoms. The van der Waals surface area contributed by atoms with Gasteiger partial charge in [0.05, 0.1) is 10.2 Å². The Hall–Kier alpha value is -6.53. The number of thiophene rings is 1. The molecule has 0 aliphatic rings. The normalized spacial score (nSPS) is 11.7. The zero-order valence-electron chi connectivity index (χ0n) is 28.9. The van der Waals surface area contributed by atoms with Gasteiger partial charge in [0.1, 0.15) is 16.2 Å². The predicted octanol–water partition coefficient (Wildman–Crippen LogP) is 15.0. The smallest absolute Gasteiger partial charge is 0.136 e. The molecule has 8 aromatic carbocycles. The molecular formula is C49H30N2OS2. The van der Waals surface area contributed by atoms with Crippen LogP contribution < -0.4 is 4.90 Å². The third kappa shape index (κ3) is 5.12. The molecule has 0 N–H and O–H groups in total. The van der Waals surface area contributed by atoms with Crippen molar-refractivity contribution < 1.29 is 4.42 Å². The fourth-order valence-electron chi connectivity index (χ4n) is 7.77. The Bertz CT molecular complexity index is 3140. The van der Waals surface area contributed by atoms with Crippen LogP contribution in [0.2, 0.25) is 0 Å². The number of aromatic nitrogens is 1. The molecule has 0 spiro atoms. The number of thiazole rings is 1. The highest BCUT2D eigenvalue weighted by atomic mass is 32.1. The Labute approximate surface area is 319 Å². The van der Waals surface area contributed by atoms with E-state index >= 15 is 0 Å². The summed E-state index contributed by atoms with van der Waals surface area (Å²) in [6.45, 7) is 0. The lowest BCUT2D eigenvalue weighted by Crippen LogP contribution is -2.09. The molecule has 0 aliphatic heterocycles. The summed E-state index contributed by atoms with van der Waals surface area (Å²) in [5.74, 6) is 0. The first-order valence-corrected chi connectivity index (χ1v) is 19.7. The van der Waals surface area contributed by atoms with Crippen LogP contribution in [0.5, 0.6) is 0 Å². The van der Waals surface area contributed by atoms with Crippen LogP contribution in [0.15, 0.2) is 186 Å². The zero-order valence-corrected chi connectivity index (χ0v) is 30.6. The van der Waals surface area contributed by atoms with Crippen LogP contribution in [0, 0.1) is 0 Å². The Morgan fingerprint density at radius 2 is 1.02 bits per heavy atom. The van der Waals surface area contributed by atoms with Crippen LogP contribution >= 0.6 is 22.7 Å². The summed E-state index contributed by atoms with van der Waals surface area (Å²) >= 11 is 3.59. The van der Waals surface area contributed by atoms with Crippen molar-refractivity contribution in [2.75, 3.05) is 4.90 Å². The molecule has 0 saturated heterocycles. The van der Waals surface area contributed by atoms with Gasteiger partial charge in [0.25, 0.3) is 0 Å². The van der Waals surface area contributed by atoms with E-state index in [4.69, 9.17) is 9.40 Å². The van der Waals surface area contributed by atoms with Gasteiger partial charge in [-0.3, -0.25) is 0 Å². The Kier molecular flexibility index (Phi) is 7.22. The van der Waals surface area contributed by atoms with Gasteiger partial charge in [0, 0.05) is 53.6 Å². The van der Waals surface area contributed by atoms with Gasteiger partial charge in [-0.2, -0.15) is 0 Å². The van der Waals surface area contributed by atoms with Crippen LogP contribution in [0.4, 0.5) is 17.1 Å². The van der Waals surface area contributed by atoms with Gasteiger partial charge in [-0.05, 0) is 89.0 Å². The highest BCUT2D eigenvalue weighted by Gasteiger charge is 2.19. The lowest BCUT2D eigenvalue weighted by Gasteiger charge is -2.26. The molecule has 11 aromatic rings. The van der Waals surface area contributed by atoms with Crippen LogP contribution in [0.3, 0.4) is 0 Å². The molecule has 0 amide bonds. The van der Waals surface area contributed by atoms with Crippen LogP contribution in [-0.4, -0.2) is 4.98 Å². The van der Waals surface area contributed by atoms with Crippen molar-refractivity contribution in [2.24, 2.45) is 0 Å². The van der Waals surface area contributed by atoms with Gasteiger partial charge in [-0.25, -0.2) is 4.98 Å². The third-order valence-corrected chi connectivity index (χ3v) is 12.5. The molecule has 0 bridgehead atoms. The molecule has 0 atom stereocenters. The van der Waals surface area contributed by atoms with Crippen molar-refractivity contribution >= 4 is 92.1 Å². The first kappa shape index (κ1) is 31.0. The van der Waals surface area contributed by atoms with Crippen LogP contribution in [0.1, 0.15) is 0 Å². The summed E-state index contributed by atoms with van der Waals surface area (Å²) in [4.78, 5) is 7.61. The number of fused-ring (bicyclic) bond motifs is 8. The van der Waals surface area contributed by atoms with Crippen molar-refractivity contribution in [3.8, 4) is 32.8 Å². The maximum absolute atomic E-state index is 6.23. The van der Waals surface area contributed by atoms with E-state index in [1.54, 1.807) is 11.3 Å². The number of hydrogen-bond donors (Lipinski definition) is 0. The van der Waals surface area contributed by atoms with Crippen LogP contribution in [-0.2, 0) is 0 Å². The minimum atomic E-state index is 0.902. The summed E-state index contributed by atoms with van der Waals surface area (Å²) in [6, 6.07) is 64.9. The maximum atomic E-state index is 6.23. The Morgan fingerprint density at radius 3 is 1.80 bits per heavy atom. The number of rotatable bonds is 6. The number of para-hydroxylation sites is 1. The molecule has 11 rings (SSSR count). The number of anilines is 3. The quantitative estimate of drug-likeness (QED) is 0.171. The van der Waals surface area contributed by atoms with Crippen molar-refractivity contribution in [3.63, 3.8) is 0 Å². The molecule has 0 aliphatic carbocycles. The third-order valence-electron chi connectivity index (χ3n) is 10.3. The predicted molar refractivity (Wildman–Crippen MR) is 231 cm³/mol. The van der Waals surface area contributed by atoms with Gasteiger partial charge in [0.2, 0.25) is 0 Å². The minimum Gasteiger partial charge on any atom is -0.456 e. The molecule has 0 unspecified atom stereocenters. The second-order valence-corrected chi connectivity index (χ2v) is 15.6. The van der Waals surface area contributed by atoms with Crippen molar-refractivity contribution in [3.05, 3.63) is 182 Å². The summed E-state index contributed by atoms with van der Waals surface area (Å²) < 4.78 is 9.95.